The van der Waals surface area contributed by atoms with Crippen LogP contribution in [0, 0.1) is 0 Å². The molecule has 0 atom stereocenters. The fraction of sp³-hybridized carbons (Fsp3) is 0. The van der Waals surface area contributed by atoms with Gasteiger partial charge in [-0.05, 0) is 36.4 Å². The topological polar surface area (TPSA) is 51.6 Å². The molecule has 0 saturated heterocycles. The number of nitrogens with zero attached hydrogens (tertiary/aromatic N) is 4. The molecule has 0 fully saturated rings. The van der Waals surface area contributed by atoms with E-state index in [2.05, 4.69) is 19.9 Å². The molecule has 1 aromatic carbocycles. The smallest absolute Gasteiger partial charge is 0.760 e. The molecule has 0 N–H and O–H groups in total. The number of benzene rings is 1. The summed E-state index contributed by atoms with van der Waals surface area (Å²) >= 11 is 9.81. The monoisotopic (exact) mass is 543 g/mol. The second-order valence-electron chi connectivity index (χ2n) is 4.75. The molecule has 126 valence electrons. The van der Waals surface area contributed by atoms with Gasteiger partial charge >= 0.3 is 21.1 Å². The van der Waals surface area contributed by atoms with Gasteiger partial charge in [-0.1, -0.05) is 34.3 Å². The minimum absolute atomic E-state index is 0. The van der Waals surface area contributed by atoms with E-state index in [0.717, 1.165) is 22.4 Å². The molecule has 25 heavy (non-hydrogen) atoms. The van der Waals surface area contributed by atoms with Crippen molar-refractivity contribution in [3.8, 4) is 11.4 Å². The summed E-state index contributed by atoms with van der Waals surface area (Å²) in [6, 6.07) is 19.1. The summed E-state index contributed by atoms with van der Waals surface area (Å²) in [5, 5.41) is 0.812. The molecular formula is C18H12N4PtS2. The van der Waals surface area contributed by atoms with Crippen molar-refractivity contribution in [2.75, 3.05) is 0 Å². The first-order chi connectivity index (χ1) is 11.7. The standard InChI is InChI=1S/C10H8N2.C8H6N2S2.Pt/c1-3-7-11-9(5-1)10-6-2-4-8-12-10;11-7-8(12)10-6-4-2-1-3-5(6)9-7;/h1-8H;1-4H,(H,9,11)(H,10,12);/q;;+2/p-2. The van der Waals surface area contributed by atoms with E-state index in [1.54, 1.807) is 12.4 Å². The zero-order valence-electron chi connectivity index (χ0n) is 12.8. The van der Waals surface area contributed by atoms with Crippen molar-refractivity contribution in [3.05, 3.63) is 73.1 Å². The first-order valence-corrected chi connectivity index (χ1v) is 7.99. The molecule has 0 radical (unpaired) electrons. The number of fused-ring (bicyclic) bond motifs is 1. The van der Waals surface area contributed by atoms with Gasteiger partial charge in [0, 0.05) is 12.4 Å². The van der Waals surface area contributed by atoms with Crippen LogP contribution in [0.5, 0.6) is 0 Å². The Morgan fingerprint density at radius 2 is 0.960 bits per heavy atom. The number of pyridine rings is 2. The molecule has 0 unspecified atom stereocenters. The number of hydrogen-bond donors (Lipinski definition) is 0. The number of para-hydroxylation sites is 2. The van der Waals surface area contributed by atoms with Crippen LogP contribution in [0.25, 0.3) is 22.4 Å². The van der Waals surface area contributed by atoms with Crippen molar-refractivity contribution in [1.29, 1.82) is 0 Å². The van der Waals surface area contributed by atoms with Gasteiger partial charge in [-0.25, -0.2) is 0 Å². The molecular weight excluding hydrogens is 531 g/mol. The van der Waals surface area contributed by atoms with Gasteiger partial charge in [-0.2, -0.15) is 0 Å². The fourth-order valence-electron chi connectivity index (χ4n) is 2.00. The van der Waals surface area contributed by atoms with Crippen molar-refractivity contribution in [1.82, 2.24) is 19.9 Å². The third-order valence-electron chi connectivity index (χ3n) is 3.10. The second-order valence-corrected chi connectivity index (χ2v) is 5.53. The van der Waals surface area contributed by atoms with E-state index in [1.807, 2.05) is 60.7 Å². The molecule has 0 bridgehead atoms. The van der Waals surface area contributed by atoms with Crippen molar-refractivity contribution >= 4 is 36.3 Å². The second kappa shape index (κ2) is 9.47. The van der Waals surface area contributed by atoms with Crippen molar-refractivity contribution in [3.63, 3.8) is 0 Å². The van der Waals surface area contributed by atoms with Crippen LogP contribution in [0.15, 0.2) is 83.1 Å². The average molecular weight is 544 g/mol. The Hall–Kier alpha value is -2.01. The van der Waals surface area contributed by atoms with Gasteiger partial charge < -0.3 is 25.3 Å². The SMILES string of the molecule is [Pt+2].[S-]c1nc2ccccc2nc1[S-].c1ccc(-c2ccccn2)nc1. The molecule has 0 aliphatic heterocycles. The number of hydrogen-bond acceptors (Lipinski definition) is 6. The summed E-state index contributed by atoms with van der Waals surface area (Å²) < 4.78 is 0. The summed E-state index contributed by atoms with van der Waals surface area (Å²) in [4.78, 5) is 16.6. The molecule has 3 heterocycles. The van der Waals surface area contributed by atoms with E-state index in [1.165, 1.54) is 0 Å². The summed E-state index contributed by atoms with van der Waals surface area (Å²) in [6.07, 6.45) is 3.54. The van der Waals surface area contributed by atoms with E-state index in [-0.39, 0.29) is 21.1 Å². The van der Waals surface area contributed by atoms with Crippen LogP contribution < -0.4 is 0 Å². The van der Waals surface area contributed by atoms with Gasteiger partial charge in [0.1, 0.15) is 0 Å². The average Bonchev–Trinajstić information content (AvgIpc) is 2.65. The van der Waals surface area contributed by atoms with Gasteiger partial charge in [0.15, 0.2) is 0 Å². The molecule has 0 amide bonds. The first-order valence-electron chi connectivity index (χ1n) is 7.17. The Morgan fingerprint density at radius 3 is 1.32 bits per heavy atom. The predicted octanol–water partition coefficient (Wildman–Crippen LogP) is 3.58. The van der Waals surface area contributed by atoms with E-state index >= 15 is 0 Å². The van der Waals surface area contributed by atoms with E-state index in [0.29, 0.717) is 10.1 Å². The predicted molar refractivity (Wildman–Crippen MR) is 98.3 cm³/mol. The van der Waals surface area contributed by atoms with E-state index < -0.39 is 0 Å². The van der Waals surface area contributed by atoms with Crippen molar-refractivity contribution in [2.45, 2.75) is 10.1 Å². The molecule has 0 spiro atoms. The third kappa shape index (κ3) is 5.23. The molecule has 4 nitrogen and oxygen atoms in total. The summed E-state index contributed by atoms with van der Waals surface area (Å²) in [6.45, 7) is 0. The van der Waals surface area contributed by atoms with Gasteiger partial charge in [0.05, 0.1) is 22.4 Å². The van der Waals surface area contributed by atoms with Gasteiger partial charge in [-0.3, -0.25) is 19.9 Å². The quantitative estimate of drug-likeness (QED) is 0.342. The van der Waals surface area contributed by atoms with Crippen molar-refractivity contribution < 1.29 is 21.1 Å². The Bertz CT molecular complexity index is 859. The summed E-state index contributed by atoms with van der Waals surface area (Å²) in [5.41, 5.74) is 3.43. The fourth-order valence-corrected chi connectivity index (χ4v) is 2.28. The number of aromatic nitrogens is 4. The molecule has 0 aliphatic carbocycles. The Kier molecular flexibility index (Phi) is 7.31. The van der Waals surface area contributed by atoms with Crippen LogP contribution in [0.1, 0.15) is 0 Å². The molecule has 3 aromatic heterocycles. The zero-order chi connectivity index (χ0) is 16.8. The summed E-state index contributed by atoms with van der Waals surface area (Å²) in [7, 11) is 0. The van der Waals surface area contributed by atoms with Crippen LogP contribution in [0.3, 0.4) is 0 Å². The molecule has 0 saturated carbocycles. The van der Waals surface area contributed by atoms with Gasteiger partial charge in [-0.15, -0.1) is 0 Å². The maximum absolute atomic E-state index is 4.90. The minimum Gasteiger partial charge on any atom is -0.760 e. The molecule has 4 rings (SSSR count). The molecule has 0 aliphatic rings. The first kappa shape index (κ1) is 19.3. The van der Waals surface area contributed by atoms with E-state index in [4.69, 9.17) is 25.3 Å². The Morgan fingerprint density at radius 1 is 0.560 bits per heavy atom. The maximum atomic E-state index is 4.90. The molecule has 4 aromatic rings. The maximum Gasteiger partial charge on any atom is 2.00 e. The zero-order valence-corrected chi connectivity index (χ0v) is 16.8. The van der Waals surface area contributed by atoms with Crippen LogP contribution in [0.4, 0.5) is 0 Å². The van der Waals surface area contributed by atoms with Gasteiger partial charge in [0.2, 0.25) is 0 Å². The minimum atomic E-state index is 0. The third-order valence-corrected chi connectivity index (χ3v) is 3.80. The van der Waals surface area contributed by atoms with Crippen LogP contribution in [-0.4, -0.2) is 19.9 Å². The van der Waals surface area contributed by atoms with Crippen molar-refractivity contribution in [2.24, 2.45) is 0 Å². The van der Waals surface area contributed by atoms with Gasteiger partial charge in [0.25, 0.3) is 0 Å². The Balaban J connectivity index is 0.000000173. The Labute approximate surface area is 171 Å². The van der Waals surface area contributed by atoms with Crippen LogP contribution in [0.2, 0.25) is 0 Å². The number of rotatable bonds is 1. The summed E-state index contributed by atoms with van der Waals surface area (Å²) in [5.74, 6) is 0. The van der Waals surface area contributed by atoms with Crippen LogP contribution in [-0.2, 0) is 46.3 Å². The largest absolute Gasteiger partial charge is 2.00 e. The molecule has 7 heteroatoms. The van der Waals surface area contributed by atoms with E-state index in [9.17, 15) is 0 Å². The van der Waals surface area contributed by atoms with Crippen LogP contribution >= 0.6 is 0 Å². The normalized spacial score (nSPS) is 9.60.